The van der Waals surface area contributed by atoms with Crippen molar-refractivity contribution in [3.05, 3.63) is 89.0 Å². The second kappa shape index (κ2) is 8.11. The van der Waals surface area contributed by atoms with Gasteiger partial charge in [-0.25, -0.2) is 4.90 Å². The molecule has 8 heteroatoms. The smallest absolute Gasteiger partial charge is 0.241 e. The molecule has 0 saturated carbocycles. The Morgan fingerprint density at radius 3 is 2.03 bits per heavy atom. The van der Waals surface area contributed by atoms with Gasteiger partial charge in [0.15, 0.2) is 11.5 Å². The zero-order chi connectivity index (χ0) is 26.1. The number of carbonyl (C=O) groups is 4. The van der Waals surface area contributed by atoms with Gasteiger partial charge in [-0.1, -0.05) is 48.5 Å². The molecule has 2 aliphatic heterocycles. The van der Waals surface area contributed by atoms with Crippen molar-refractivity contribution in [2.75, 3.05) is 19.1 Å². The first-order valence-electron chi connectivity index (χ1n) is 11.9. The van der Waals surface area contributed by atoms with Gasteiger partial charge in [0, 0.05) is 17.2 Å². The first-order chi connectivity index (χ1) is 17.8. The summed E-state index contributed by atoms with van der Waals surface area (Å²) in [6.07, 6.45) is -0.963. The number of Topliss-reactive ketones (excluding diaryl/α,β-unsaturated/α-hetero) is 2. The fourth-order valence-electron chi connectivity index (χ4n) is 5.92. The van der Waals surface area contributed by atoms with Crippen LogP contribution in [0.2, 0.25) is 0 Å². The number of ether oxygens (including phenoxy) is 3. The number of anilines is 1. The number of fused-ring (bicyclic) bond motifs is 3. The van der Waals surface area contributed by atoms with E-state index in [1.165, 1.54) is 20.3 Å². The van der Waals surface area contributed by atoms with Crippen LogP contribution in [0.5, 0.6) is 11.5 Å². The molecule has 2 saturated heterocycles. The SMILES string of the molecule is COc1ccc(N2C(=O)[C@@H]3[C@@H](c4ccccc4C)OC4(C(=O)c5ccccc5C4=O)[C@H]3C2=O)cc1OC. The van der Waals surface area contributed by atoms with E-state index in [0.717, 1.165) is 10.5 Å². The van der Waals surface area contributed by atoms with Gasteiger partial charge in [0.25, 0.3) is 0 Å². The molecule has 0 bridgehead atoms. The van der Waals surface area contributed by atoms with Gasteiger partial charge >= 0.3 is 0 Å². The molecule has 0 aromatic heterocycles. The number of aryl methyl sites for hydroxylation is 1. The number of rotatable bonds is 4. The van der Waals surface area contributed by atoms with Crippen molar-refractivity contribution in [1.29, 1.82) is 0 Å². The van der Waals surface area contributed by atoms with E-state index >= 15 is 0 Å². The standard InChI is InChI=1S/C29H23NO7/c1-15-8-4-5-9-17(15)24-22-23(29(37-24)25(31)18-10-6-7-11-19(18)26(29)32)28(34)30(27(22)33)16-12-13-20(35-2)21(14-16)36-3/h4-14,22-24H,1-3H3/t22-,23+,24+/m0/s1. The van der Waals surface area contributed by atoms with Crippen LogP contribution in [-0.4, -0.2) is 43.2 Å². The van der Waals surface area contributed by atoms with Crippen molar-refractivity contribution in [3.63, 3.8) is 0 Å². The highest BCUT2D eigenvalue weighted by atomic mass is 16.5. The highest BCUT2D eigenvalue weighted by Crippen LogP contribution is 2.58. The van der Waals surface area contributed by atoms with Crippen LogP contribution in [0.4, 0.5) is 5.69 Å². The van der Waals surface area contributed by atoms with Crippen LogP contribution in [-0.2, 0) is 14.3 Å². The Morgan fingerprint density at radius 2 is 1.41 bits per heavy atom. The maximum Gasteiger partial charge on any atom is 0.241 e. The van der Waals surface area contributed by atoms with E-state index in [2.05, 4.69) is 0 Å². The number of ketones is 2. The molecule has 3 aromatic carbocycles. The normalized spacial score (nSPS) is 23.5. The Bertz CT molecular complexity index is 1470. The molecule has 6 rings (SSSR count). The summed E-state index contributed by atoms with van der Waals surface area (Å²) >= 11 is 0. The Hall–Kier alpha value is -4.30. The number of hydrogen-bond donors (Lipinski definition) is 0. The number of carbonyl (C=O) groups excluding carboxylic acids is 4. The first kappa shape index (κ1) is 23.1. The Labute approximate surface area is 212 Å². The average molecular weight is 498 g/mol. The highest BCUT2D eigenvalue weighted by Gasteiger charge is 2.74. The Morgan fingerprint density at radius 1 is 0.784 bits per heavy atom. The van der Waals surface area contributed by atoms with Gasteiger partial charge in [0.2, 0.25) is 29.0 Å². The molecule has 8 nitrogen and oxygen atoms in total. The number of methoxy groups -OCH3 is 2. The summed E-state index contributed by atoms with van der Waals surface area (Å²) < 4.78 is 17.0. The van der Waals surface area contributed by atoms with Crippen molar-refractivity contribution >= 4 is 29.1 Å². The third-order valence-electron chi connectivity index (χ3n) is 7.64. The summed E-state index contributed by atoms with van der Waals surface area (Å²) in [6, 6.07) is 18.4. The van der Waals surface area contributed by atoms with Crippen molar-refractivity contribution in [1.82, 2.24) is 0 Å². The summed E-state index contributed by atoms with van der Waals surface area (Å²) in [5.41, 5.74) is 0.0169. The molecular formula is C29H23NO7. The van der Waals surface area contributed by atoms with Crippen LogP contribution >= 0.6 is 0 Å². The maximum atomic E-state index is 14.1. The summed E-state index contributed by atoms with van der Waals surface area (Å²) in [5.74, 6) is -3.99. The molecule has 2 amide bonds. The quantitative estimate of drug-likeness (QED) is 0.400. The van der Waals surface area contributed by atoms with E-state index < -0.39 is 46.9 Å². The number of hydrogen-bond acceptors (Lipinski definition) is 7. The summed E-state index contributed by atoms with van der Waals surface area (Å²) in [6.45, 7) is 1.86. The lowest BCUT2D eigenvalue weighted by Gasteiger charge is -2.27. The van der Waals surface area contributed by atoms with Crippen LogP contribution < -0.4 is 14.4 Å². The fraction of sp³-hybridized carbons (Fsp3) is 0.241. The number of amides is 2. The Balaban J connectivity index is 1.54. The number of benzene rings is 3. The maximum absolute atomic E-state index is 14.1. The lowest BCUT2D eigenvalue weighted by molar-refractivity contribution is -0.127. The molecule has 3 aromatic rings. The average Bonchev–Trinajstić information content (AvgIpc) is 3.48. The van der Waals surface area contributed by atoms with Crippen LogP contribution in [0.15, 0.2) is 66.7 Å². The molecule has 0 radical (unpaired) electrons. The molecular weight excluding hydrogens is 474 g/mol. The molecule has 2 heterocycles. The predicted molar refractivity (Wildman–Crippen MR) is 132 cm³/mol. The van der Waals surface area contributed by atoms with E-state index in [1.54, 1.807) is 48.5 Å². The van der Waals surface area contributed by atoms with Gasteiger partial charge < -0.3 is 14.2 Å². The third kappa shape index (κ3) is 2.93. The van der Waals surface area contributed by atoms with Crippen molar-refractivity contribution < 1.29 is 33.4 Å². The number of imide groups is 1. The minimum absolute atomic E-state index is 0.196. The van der Waals surface area contributed by atoms with Gasteiger partial charge in [-0.2, -0.15) is 0 Å². The van der Waals surface area contributed by atoms with Crippen molar-refractivity contribution in [3.8, 4) is 11.5 Å². The van der Waals surface area contributed by atoms with Gasteiger partial charge in [0.1, 0.15) is 0 Å². The molecule has 37 heavy (non-hydrogen) atoms. The molecule has 1 spiro atoms. The second-order valence-corrected chi connectivity index (χ2v) is 9.39. The van der Waals surface area contributed by atoms with E-state index in [9.17, 15) is 19.2 Å². The van der Waals surface area contributed by atoms with E-state index in [4.69, 9.17) is 14.2 Å². The van der Waals surface area contributed by atoms with E-state index in [1.807, 2.05) is 19.1 Å². The Kier molecular flexibility index (Phi) is 5.07. The lowest BCUT2D eigenvalue weighted by atomic mass is 9.77. The summed E-state index contributed by atoms with van der Waals surface area (Å²) in [4.78, 5) is 56.8. The van der Waals surface area contributed by atoms with E-state index in [-0.39, 0.29) is 16.8 Å². The van der Waals surface area contributed by atoms with Crippen LogP contribution in [0.25, 0.3) is 0 Å². The minimum Gasteiger partial charge on any atom is -0.493 e. The number of nitrogens with zero attached hydrogens (tertiary/aromatic N) is 1. The molecule has 2 fully saturated rings. The zero-order valence-corrected chi connectivity index (χ0v) is 20.4. The molecule has 186 valence electrons. The minimum atomic E-state index is -2.11. The monoisotopic (exact) mass is 497 g/mol. The van der Waals surface area contributed by atoms with Crippen LogP contribution in [0, 0.1) is 18.8 Å². The molecule has 1 aliphatic carbocycles. The molecule has 0 unspecified atom stereocenters. The predicted octanol–water partition coefficient (Wildman–Crippen LogP) is 3.71. The van der Waals surface area contributed by atoms with Gasteiger partial charge in [-0.15, -0.1) is 0 Å². The summed E-state index contributed by atoms with van der Waals surface area (Å²) in [7, 11) is 2.94. The topological polar surface area (TPSA) is 99.2 Å². The van der Waals surface area contributed by atoms with Gasteiger partial charge in [-0.3, -0.25) is 19.2 Å². The fourth-order valence-corrected chi connectivity index (χ4v) is 5.92. The lowest BCUT2D eigenvalue weighted by Crippen LogP contribution is -2.51. The second-order valence-electron chi connectivity index (χ2n) is 9.39. The highest BCUT2D eigenvalue weighted by molar-refractivity contribution is 6.37. The van der Waals surface area contributed by atoms with Crippen LogP contribution in [0.1, 0.15) is 37.9 Å². The molecule has 0 N–H and O–H groups in total. The molecule has 3 atom stereocenters. The molecule has 3 aliphatic rings. The van der Waals surface area contributed by atoms with Gasteiger partial charge in [0.05, 0.1) is 37.8 Å². The third-order valence-corrected chi connectivity index (χ3v) is 7.64. The van der Waals surface area contributed by atoms with Gasteiger partial charge in [-0.05, 0) is 30.2 Å². The van der Waals surface area contributed by atoms with E-state index in [0.29, 0.717) is 17.1 Å². The zero-order valence-electron chi connectivity index (χ0n) is 20.4. The van der Waals surface area contributed by atoms with Crippen molar-refractivity contribution in [2.45, 2.75) is 18.6 Å². The summed E-state index contributed by atoms with van der Waals surface area (Å²) in [5, 5.41) is 0. The first-order valence-corrected chi connectivity index (χ1v) is 11.9. The largest absolute Gasteiger partial charge is 0.493 e. The van der Waals surface area contributed by atoms with Crippen LogP contribution in [0.3, 0.4) is 0 Å². The van der Waals surface area contributed by atoms with Crippen molar-refractivity contribution in [2.24, 2.45) is 11.8 Å².